The largest absolute Gasteiger partial charge is 0.507 e. The van der Waals surface area contributed by atoms with Crippen LogP contribution >= 0.6 is 11.3 Å². The summed E-state index contributed by atoms with van der Waals surface area (Å²) in [5, 5.41) is 11.5. The number of ketones is 1. The maximum atomic E-state index is 13.8. The van der Waals surface area contributed by atoms with Crippen LogP contribution in [0.4, 0.5) is 9.52 Å². The van der Waals surface area contributed by atoms with E-state index in [1.54, 1.807) is 42.5 Å². The average molecular weight is 521 g/mol. The molecule has 3 aromatic carbocycles. The zero-order valence-electron chi connectivity index (χ0n) is 20.0. The lowest BCUT2D eigenvalue weighted by atomic mass is 9.95. The number of carbonyl (C=O) groups is 2. The zero-order chi connectivity index (χ0) is 26.3. The summed E-state index contributed by atoms with van der Waals surface area (Å²) in [6, 6.07) is 14.5. The topological polar surface area (TPSA) is 98.2 Å². The Hall–Kier alpha value is -4.44. The second-order valence-corrected chi connectivity index (χ2v) is 9.13. The van der Waals surface area contributed by atoms with Gasteiger partial charge in [-0.25, -0.2) is 9.37 Å². The van der Waals surface area contributed by atoms with Gasteiger partial charge in [-0.05, 0) is 60.2 Å². The molecular formula is C27H21FN2O6S. The van der Waals surface area contributed by atoms with E-state index in [0.29, 0.717) is 38.6 Å². The number of halogens is 1. The van der Waals surface area contributed by atoms with Crippen molar-refractivity contribution in [2.24, 2.45) is 0 Å². The van der Waals surface area contributed by atoms with Gasteiger partial charge < -0.3 is 19.3 Å². The molecule has 0 unspecified atom stereocenters. The number of benzene rings is 3. The molecule has 1 aliphatic rings. The zero-order valence-corrected chi connectivity index (χ0v) is 20.8. The molecule has 0 radical (unpaired) electrons. The molecule has 0 aliphatic carbocycles. The lowest BCUT2D eigenvalue weighted by Gasteiger charge is -2.23. The quantitative estimate of drug-likeness (QED) is 0.215. The number of nitrogens with zero attached hydrogens (tertiary/aromatic N) is 2. The smallest absolute Gasteiger partial charge is 0.301 e. The minimum Gasteiger partial charge on any atom is -0.507 e. The van der Waals surface area contributed by atoms with Crippen LogP contribution in [0.25, 0.3) is 16.0 Å². The number of aliphatic hydroxyl groups is 1. The van der Waals surface area contributed by atoms with Gasteiger partial charge in [-0.1, -0.05) is 17.4 Å². The molecule has 8 nitrogen and oxygen atoms in total. The van der Waals surface area contributed by atoms with E-state index in [1.807, 2.05) is 0 Å². The Bertz CT molecular complexity index is 1560. The van der Waals surface area contributed by atoms with Gasteiger partial charge >= 0.3 is 5.91 Å². The molecule has 0 bridgehead atoms. The fourth-order valence-electron chi connectivity index (χ4n) is 4.26. The molecular weight excluding hydrogens is 499 g/mol. The third-order valence-electron chi connectivity index (χ3n) is 6.08. The van der Waals surface area contributed by atoms with Gasteiger partial charge in [0.25, 0.3) is 5.78 Å². The lowest BCUT2D eigenvalue weighted by molar-refractivity contribution is -0.132. The first-order chi connectivity index (χ1) is 17.9. The summed E-state index contributed by atoms with van der Waals surface area (Å²) < 4.78 is 30.3. The predicted octanol–water partition coefficient (Wildman–Crippen LogP) is 5.09. The number of hydrogen-bond donors (Lipinski definition) is 1. The highest BCUT2D eigenvalue weighted by Gasteiger charge is 2.48. The number of aromatic nitrogens is 1. The number of carbonyl (C=O) groups excluding carboxylic acids is 2. The van der Waals surface area contributed by atoms with Gasteiger partial charge in [-0.15, -0.1) is 0 Å². The van der Waals surface area contributed by atoms with Crippen molar-refractivity contribution >= 4 is 44.1 Å². The highest BCUT2D eigenvalue weighted by molar-refractivity contribution is 7.22. The Morgan fingerprint density at radius 3 is 2.35 bits per heavy atom. The number of Topliss-reactive ketones (excluding diaryl/α,β-unsaturated/α-hetero) is 1. The van der Waals surface area contributed by atoms with Gasteiger partial charge in [-0.2, -0.15) is 0 Å². The van der Waals surface area contributed by atoms with Crippen LogP contribution in [0.15, 0.2) is 66.2 Å². The minimum atomic E-state index is -1.03. The highest BCUT2D eigenvalue weighted by atomic mass is 32.1. The Morgan fingerprint density at radius 2 is 1.68 bits per heavy atom. The minimum absolute atomic E-state index is 0.118. The average Bonchev–Trinajstić information content (AvgIpc) is 3.45. The van der Waals surface area contributed by atoms with Crippen molar-refractivity contribution in [1.29, 1.82) is 0 Å². The molecule has 1 atom stereocenters. The van der Waals surface area contributed by atoms with Crippen LogP contribution in [0.5, 0.6) is 17.2 Å². The van der Waals surface area contributed by atoms with Crippen molar-refractivity contribution in [3.8, 4) is 17.2 Å². The second-order valence-electron chi connectivity index (χ2n) is 8.12. The summed E-state index contributed by atoms with van der Waals surface area (Å²) in [7, 11) is 4.48. The van der Waals surface area contributed by atoms with Crippen LogP contribution in [-0.4, -0.2) is 43.1 Å². The molecule has 10 heteroatoms. The van der Waals surface area contributed by atoms with Crippen molar-refractivity contribution in [2.75, 3.05) is 26.2 Å². The van der Waals surface area contributed by atoms with Crippen LogP contribution in [0.1, 0.15) is 17.2 Å². The Labute approximate surface area is 215 Å². The SMILES string of the molecule is COc1ccc(C(O)=C2C(=O)C(=O)N(c3nc4ccc(F)cc4s3)[C@H]2c2ccc(OC)c(OC)c2)cc1. The highest BCUT2D eigenvalue weighted by Crippen LogP contribution is 2.46. The number of fused-ring (bicyclic) bond motifs is 1. The van der Waals surface area contributed by atoms with E-state index in [1.165, 1.54) is 44.4 Å². The van der Waals surface area contributed by atoms with Gasteiger partial charge in [0.05, 0.1) is 43.2 Å². The summed E-state index contributed by atoms with van der Waals surface area (Å²) in [4.78, 5) is 32.5. The van der Waals surface area contributed by atoms with E-state index in [4.69, 9.17) is 14.2 Å². The van der Waals surface area contributed by atoms with E-state index in [0.717, 1.165) is 11.3 Å². The molecule has 1 saturated heterocycles. The number of rotatable bonds is 6. The Balaban J connectivity index is 1.73. The van der Waals surface area contributed by atoms with Gasteiger partial charge in [0.2, 0.25) is 0 Å². The number of aliphatic hydroxyl groups excluding tert-OH is 1. The molecule has 0 saturated carbocycles. The van der Waals surface area contributed by atoms with E-state index in [9.17, 15) is 19.1 Å². The number of thiazole rings is 1. The fourth-order valence-corrected chi connectivity index (χ4v) is 5.28. The Morgan fingerprint density at radius 1 is 0.946 bits per heavy atom. The number of methoxy groups -OCH3 is 3. The predicted molar refractivity (Wildman–Crippen MR) is 137 cm³/mol. The van der Waals surface area contributed by atoms with Crippen molar-refractivity contribution in [2.45, 2.75) is 6.04 Å². The summed E-state index contributed by atoms with van der Waals surface area (Å²) in [6.45, 7) is 0. The van der Waals surface area contributed by atoms with Crippen LogP contribution in [0, 0.1) is 5.82 Å². The van der Waals surface area contributed by atoms with Gasteiger partial charge in [-0.3, -0.25) is 14.5 Å². The van der Waals surface area contributed by atoms with Crippen molar-refractivity contribution in [1.82, 2.24) is 4.98 Å². The standard InChI is InChI=1S/C27H21FN2O6S/c1-34-17-8-4-14(5-9-17)24(31)22-23(15-6-11-19(35-2)20(12-15)36-3)30(26(33)25(22)32)27-29-18-10-7-16(28)13-21(18)37-27/h4-13,23,31H,1-3H3/t23-/m0/s1. The molecule has 1 fully saturated rings. The van der Waals surface area contributed by atoms with Gasteiger partial charge in [0.1, 0.15) is 17.3 Å². The summed E-state index contributed by atoms with van der Waals surface area (Å²) in [5.74, 6) is -1.14. The molecule has 1 N–H and O–H groups in total. The molecule has 1 aromatic heterocycles. The molecule has 1 aliphatic heterocycles. The summed E-state index contributed by atoms with van der Waals surface area (Å²) in [6.07, 6.45) is 0. The summed E-state index contributed by atoms with van der Waals surface area (Å²) in [5.41, 5.74) is 1.17. The van der Waals surface area contributed by atoms with Gasteiger partial charge in [0, 0.05) is 5.56 Å². The lowest BCUT2D eigenvalue weighted by Crippen LogP contribution is -2.29. The molecule has 1 amide bonds. The van der Waals surface area contributed by atoms with Crippen LogP contribution in [0.2, 0.25) is 0 Å². The number of hydrogen-bond acceptors (Lipinski definition) is 8. The van der Waals surface area contributed by atoms with Crippen LogP contribution < -0.4 is 19.1 Å². The van der Waals surface area contributed by atoms with Gasteiger partial charge in [0.15, 0.2) is 16.6 Å². The van der Waals surface area contributed by atoms with E-state index >= 15 is 0 Å². The van der Waals surface area contributed by atoms with Crippen LogP contribution in [0.3, 0.4) is 0 Å². The number of amides is 1. The van der Waals surface area contributed by atoms with Crippen LogP contribution in [-0.2, 0) is 9.59 Å². The third-order valence-corrected chi connectivity index (χ3v) is 7.09. The molecule has 2 heterocycles. The fraction of sp³-hybridized carbons (Fsp3) is 0.148. The molecule has 37 heavy (non-hydrogen) atoms. The van der Waals surface area contributed by atoms with Crippen molar-refractivity contribution in [3.05, 3.63) is 83.2 Å². The van der Waals surface area contributed by atoms with E-state index in [-0.39, 0.29) is 16.5 Å². The monoisotopic (exact) mass is 520 g/mol. The first kappa shape index (κ1) is 24.3. The van der Waals surface area contributed by atoms with Crippen molar-refractivity contribution in [3.63, 3.8) is 0 Å². The first-order valence-electron chi connectivity index (χ1n) is 11.1. The molecule has 5 rings (SSSR count). The Kier molecular flexibility index (Phi) is 6.26. The van der Waals surface area contributed by atoms with E-state index < -0.39 is 23.5 Å². The first-order valence-corrected chi connectivity index (χ1v) is 11.9. The second kappa shape index (κ2) is 9.55. The number of anilines is 1. The molecule has 4 aromatic rings. The number of ether oxygens (including phenoxy) is 3. The maximum absolute atomic E-state index is 13.8. The normalized spacial score (nSPS) is 16.9. The maximum Gasteiger partial charge on any atom is 0.301 e. The van der Waals surface area contributed by atoms with E-state index in [2.05, 4.69) is 4.98 Å². The third kappa shape index (κ3) is 4.15. The molecule has 188 valence electrons. The summed E-state index contributed by atoms with van der Waals surface area (Å²) >= 11 is 1.07. The van der Waals surface area contributed by atoms with Crippen molar-refractivity contribution < 1.29 is 33.3 Å². The molecule has 0 spiro atoms.